The molecule has 3 aromatic rings. The van der Waals surface area contributed by atoms with Crippen molar-refractivity contribution >= 4 is 17.0 Å². The van der Waals surface area contributed by atoms with Crippen LogP contribution in [-0.4, -0.2) is 9.67 Å². The molecule has 1 heterocycles. The van der Waals surface area contributed by atoms with Crippen molar-refractivity contribution in [3.63, 3.8) is 0 Å². The third kappa shape index (κ3) is 2.51. The van der Waals surface area contributed by atoms with Crippen LogP contribution in [0.1, 0.15) is 61.7 Å². The summed E-state index contributed by atoms with van der Waals surface area (Å²) in [6, 6.07) is 2.30. The van der Waals surface area contributed by atoms with Gasteiger partial charge in [-0.25, -0.2) is 0 Å². The first kappa shape index (κ1) is 19.0. The van der Waals surface area contributed by atoms with Crippen molar-refractivity contribution < 1.29 is 5.11 Å². The third-order valence-electron chi connectivity index (χ3n) is 7.17. The molecule has 0 fully saturated rings. The van der Waals surface area contributed by atoms with Crippen LogP contribution in [0.3, 0.4) is 0 Å². The molecule has 0 saturated heterocycles. The molecule has 2 heteroatoms. The molecule has 1 aromatic heterocycles. The van der Waals surface area contributed by atoms with Crippen LogP contribution in [0, 0.1) is 48.5 Å². The summed E-state index contributed by atoms with van der Waals surface area (Å²) in [5, 5.41) is 12.8. The second kappa shape index (κ2) is 6.35. The number of fused-ring (bicyclic) bond motifs is 2. The zero-order chi connectivity index (χ0) is 20.5. The van der Waals surface area contributed by atoms with Gasteiger partial charge >= 0.3 is 0 Å². The zero-order valence-corrected chi connectivity index (χ0v) is 18.4. The van der Waals surface area contributed by atoms with Gasteiger partial charge in [-0.05, 0) is 116 Å². The van der Waals surface area contributed by atoms with Crippen LogP contribution in [0.25, 0.3) is 17.0 Å². The predicted molar refractivity (Wildman–Crippen MR) is 119 cm³/mol. The Bertz CT molecular complexity index is 1170. The minimum absolute atomic E-state index is 0.574. The lowest BCUT2D eigenvalue weighted by atomic mass is 9.87. The quantitative estimate of drug-likeness (QED) is 0.584. The highest BCUT2D eigenvalue weighted by molar-refractivity contribution is 5.93. The van der Waals surface area contributed by atoms with Crippen molar-refractivity contribution in [1.29, 1.82) is 0 Å². The number of aliphatic hydroxyl groups excluding tert-OH is 1. The van der Waals surface area contributed by atoms with E-state index in [0.29, 0.717) is 0 Å². The maximum absolute atomic E-state index is 11.6. The highest BCUT2D eigenvalue weighted by atomic mass is 16.3. The number of hydrogen-bond acceptors (Lipinski definition) is 1. The van der Waals surface area contributed by atoms with E-state index in [-0.39, 0.29) is 0 Å². The van der Waals surface area contributed by atoms with Gasteiger partial charge in [-0.3, -0.25) is 0 Å². The van der Waals surface area contributed by atoms with Gasteiger partial charge in [0.25, 0.3) is 0 Å². The second-order valence-corrected chi connectivity index (χ2v) is 8.75. The summed E-state index contributed by atoms with van der Waals surface area (Å²) >= 11 is 0. The van der Waals surface area contributed by atoms with Crippen LogP contribution >= 0.6 is 0 Å². The monoisotopic (exact) mass is 373 g/mol. The van der Waals surface area contributed by atoms with Gasteiger partial charge in [-0.15, -0.1) is 0 Å². The lowest BCUT2D eigenvalue weighted by molar-refractivity contribution is 0.215. The highest BCUT2D eigenvalue weighted by Gasteiger charge is 2.27. The topological polar surface area (TPSA) is 25.2 Å². The molecular weight excluding hydrogens is 342 g/mol. The molecule has 0 saturated carbocycles. The fourth-order valence-corrected chi connectivity index (χ4v) is 5.12. The van der Waals surface area contributed by atoms with Crippen molar-refractivity contribution in [2.45, 2.75) is 61.0 Å². The van der Waals surface area contributed by atoms with Crippen molar-refractivity contribution in [1.82, 2.24) is 4.57 Å². The van der Waals surface area contributed by atoms with Gasteiger partial charge in [0.1, 0.15) is 6.10 Å². The molecule has 2 aromatic carbocycles. The normalized spacial score (nSPS) is 14.5. The van der Waals surface area contributed by atoms with Gasteiger partial charge in [-0.2, -0.15) is 0 Å². The van der Waals surface area contributed by atoms with Gasteiger partial charge in [0.2, 0.25) is 0 Å². The van der Waals surface area contributed by atoms with E-state index >= 15 is 0 Å². The Morgan fingerprint density at radius 3 is 2.21 bits per heavy atom. The van der Waals surface area contributed by atoms with Crippen molar-refractivity contribution in [2.75, 3.05) is 0 Å². The van der Waals surface area contributed by atoms with Gasteiger partial charge < -0.3 is 9.67 Å². The Labute approximate surface area is 168 Å². The van der Waals surface area contributed by atoms with Crippen molar-refractivity contribution in [2.24, 2.45) is 7.05 Å². The number of hydrogen-bond donors (Lipinski definition) is 1. The van der Waals surface area contributed by atoms with E-state index in [9.17, 15) is 5.11 Å². The Kier molecular flexibility index (Phi) is 4.31. The van der Waals surface area contributed by atoms with Crippen LogP contribution in [0.15, 0.2) is 17.8 Å². The molecule has 0 radical (unpaired) electrons. The number of aryl methyl sites for hydroxylation is 4. The third-order valence-corrected chi connectivity index (χ3v) is 7.17. The van der Waals surface area contributed by atoms with Crippen LogP contribution in [0.5, 0.6) is 0 Å². The van der Waals surface area contributed by atoms with Gasteiger partial charge in [0.15, 0.2) is 0 Å². The van der Waals surface area contributed by atoms with Gasteiger partial charge in [-0.1, -0.05) is 12.1 Å². The Balaban J connectivity index is 1.92. The SMILES string of the molecule is Cc1cc2c(c(C)c1C)C=C(C(O)c1c(C)c(C)c(C)c3c1c(C)cn3C)C2. The molecule has 1 unspecified atom stereocenters. The molecule has 0 amide bonds. The van der Waals surface area contributed by atoms with Gasteiger partial charge in [0, 0.05) is 18.6 Å². The number of benzene rings is 2. The molecule has 4 rings (SSSR count). The van der Waals surface area contributed by atoms with Crippen molar-refractivity contribution in [3.05, 3.63) is 73.5 Å². The number of aromatic nitrogens is 1. The lowest BCUT2D eigenvalue weighted by Gasteiger charge is -2.21. The molecule has 1 aliphatic carbocycles. The Morgan fingerprint density at radius 2 is 1.54 bits per heavy atom. The molecule has 1 atom stereocenters. The maximum Gasteiger partial charge on any atom is 0.102 e. The predicted octanol–water partition coefficient (Wildman–Crippen LogP) is 6.01. The molecule has 28 heavy (non-hydrogen) atoms. The summed E-state index contributed by atoms with van der Waals surface area (Å²) in [5.41, 5.74) is 15.2. The molecule has 0 bridgehead atoms. The smallest absolute Gasteiger partial charge is 0.102 e. The number of rotatable bonds is 2. The number of aliphatic hydroxyl groups is 1. The molecular formula is C26H31NO. The minimum Gasteiger partial charge on any atom is -0.384 e. The first-order valence-electron chi connectivity index (χ1n) is 10.2. The molecule has 0 aliphatic heterocycles. The average Bonchev–Trinajstić information content (AvgIpc) is 3.19. The first-order chi connectivity index (χ1) is 13.1. The molecule has 1 N–H and O–H groups in total. The van der Waals surface area contributed by atoms with E-state index in [1.807, 2.05) is 0 Å². The van der Waals surface area contributed by atoms with E-state index in [4.69, 9.17) is 0 Å². The zero-order valence-electron chi connectivity index (χ0n) is 18.4. The fraction of sp³-hybridized carbons (Fsp3) is 0.385. The van der Waals surface area contributed by atoms with Crippen LogP contribution in [-0.2, 0) is 13.5 Å². The Morgan fingerprint density at radius 1 is 0.857 bits per heavy atom. The summed E-state index contributed by atoms with van der Waals surface area (Å²) in [6.45, 7) is 15.3. The second-order valence-electron chi connectivity index (χ2n) is 8.75. The molecule has 0 spiro atoms. The van der Waals surface area contributed by atoms with Crippen molar-refractivity contribution in [3.8, 4) is 0 Å². The van der Waals surface area contributed by atoms with E-state index in [2.05, 4.69) is 78.4 Å². The van der Waals surface area contributed by atoms with Crippen LogP contribution in [0.2, 0.25) is 0 Å². The van der Waals surface area contributed by atoms with E-state index in [1.165, 1.54) is 61.0 Å². The lowest BCUT2D eigenvalue weighted by Crippen LogP contribution is -2.08. The number of nitrogens with zero attached hydrogens (tertiary/aromatic N) is 1. The summed E-state index contributed by atoms with van der Waals surface area (Å²) in [5.74, 6) is 0. The minimum atomic E-state index is -0.574. The summed E-state index contributed by atoms with van der Waals surface area (Å²) in [7, 11) is 2.10. The first-order valence-corrected chi connectivity index (χ1v) is 10.2. The van der Waals surface area contributed by atoms with E-state index in [1.54, 1.807) is 0 Å². The van der Waals surface area contributed by atoms with E-state index < -0.39 is 6.10 Å². The van der Waals surface area contributed by atoms with E-state index in [0.717, 1.165) is 17.6 Å². The molecule has 146 valence electrons. The summed E-state index contributed by atoms with van der Waals surface area (Å²) in [6.07, 6.45) is 4.68. The summed E-state index contributed by atoms with van der Waals surface area (Å²) < 4.78 is 2.21. The fourth-order valence-electron chi connectivity index (χ4n) is 5.12. The van der Waals surface area contributed by atoms with Crippen LogP contribution in [0.4, 0.5) is 0 Å². The standard InChI is InChI=1S/C26H31NO/c1-13-9-20-10-21(11-22(20)17(5)15(13)3)26(28)24-18(6)16(4)19(7)25-23(24)14(2)12-27(25)8/h9,11-12,26,28H,10H2,1-8H3. The maximum atomic E-state index is 11.6. The Hall–Kier alpha value is -2.32. The van der Waals surface area contributed by atoms with Crippen LogP contribution < -0.4 is 0 Å². The summed E-state index contributed by atoms with van der Waals surface area (Å²) in [4.78, 5) is 0. The average molecular weight is 374 g/mol. The molecule has 1 aliphatic rings. The highest BCUT2D eigenvalue weighted by Crippen LogP contribution is 2.42. The van der Waals surface area contributed by atoms with Gasteiger partial charge in [0.05, 0.1) is 5.52 Å². The molecule has 2 nitrogen and oxygen atoms in total. The largest absolute Gasteiger partial charge is 0.384 e.